The molecule has 3 rings (SSSR count). The van der Waals surface area contributed by atoms with Crippen LogP contribution < -0.4 is 5.32 Å². The van der Waals surface area contributed by atoms with Crippen LogP contribution in [0.1, 0.15) is 71.7 Å². The maximum atomic E-state index is 12.1. The van der Waals surface area contributed by atoms with Crippen molar-refractivity contribution in [3.63, 3.8) is 0 Å². The van der Waals surface area contributed by atoms with Crippen molar-refractivity contribution in [3.05, 3.63) is 40.4 Å². The number of rotatable bonds is 5. The van der Waals surface area contributed by atoms with Crippen molar-refractivity contribution in [1.82, 2.24) is 15.2 Å². The van der Waals surface area contributed by atoms with Gasteiger partial charge in [0, 0.05) is 19.7 Å². The molecule has 1 heterocycles. The average molecular weight is 448 g/mol. The van der Waals surface area contributed by atoms with Gasteiger partial charge in [-0.2, -0.15) is 0 Å². The van der Waals surface area contributed by atoms with E-state index in [9.17, 15) is 9.59 Å². The summed E-state index contributed by atoms with van der Waals surface area (Å²) in [5.41, 5.74) is 2.09. The van der Waals surface area contributed by atoms with Gasteiger partial charge in [-0.15, -0.1) is 11.3 Å². The minimum absolute atomic E-state index is 0.0515. The smallest absolute Gasteiger partial charge is 0.338 e. The van der Waals surface area contributed by atoms with E-state index < -0.39 is 0 Å². The van der Waals surface area contributed by atoms with Crippen LogP contribution in [0.15, 0.2) is 24.3 Å². The third-order valence-electron chi connectivity index (χ3n) is 4.64. The molecule has 6 nitrogen and oxygen atoms in total. The third-order valence-corrected chi connectivity index (χ3v) is 5.84. The lowest BCUT2D eigenvalue weighted by atomic mass is 10.1. The number of nitrogens with one attached hydrogen (secondary N) is 1. The van der Waals surface area contributed by atoms with Crippen LogP contribution >= 0.6 is 11.3 Å². The zero-order valence-electron chi connectivity index (χ0n) is 19.8. The number of carbonyl (C=O) groups is 2. The molecule has 0 atom stereocenters. The second kappa shape index (κ2) is 14.7. The number of benzene rings is 1. The largest absolute Gasteiger partial charge is 0.462 e. The van der Waals surface area contributed by atoms with Crippen LogP contribution in [0.5, 0.6) is 0 Å². The van der Waals surface area contributed by atoms with Crippen molar-refractivity contribution in [3.8, 4) is 10.6 Å². The number of esters is 1. The second-order valence-corrected chi connectivity index (χ2v) is 8.40. The van der Waals surface area contributed by atoms with E-state index in [2.05, 4.69) is 17.2 Å². The predicted molar refractivity (Wildman–Crippen MR) is 129 cm³/mol. The Hall–Kier alpha value is -2.25. The highest BCUT2D eigenvalue weighted by Crippen LogP contribution is 2.28. The molecule has 0 aliphatic heterocycles. The first-order chi connectivity index (χ1) is 14.8. The lowest BCUT2D eigenvalue weighted by Crippen LogP contribution is -2.21. The van der Waals surface area contributed by atoms with Crippen LogP contribution in [-0.4, -0.2) is 56.1 Å². The standard InChI is InChI=1S/C16H18N2O3S.C5H10.C3H9N/c1-5-21-16(20)12-8-6-11(7-9-12)14-17-10(2)13(22-14)15(19)18(3)4;1-2-4-5-3-1;1-3-4-2/h6-9H,5H2,1-4H3;1-5H2;4H,3H2,1-2H3. The summed E-state index contributed by atoms with van der Waals surface area (Å²) in [6.07, 6.45) is 7.50. The highest BCUT2D eigenvalue weighted by Gasteiger charge is 2.18. The topological polar surface area (TPSA) is 71.5 Å². The normalized spacial score (nSPS) is 12.2. The number of aryl methyl sites for hydroxylation is 1. The Morgan fingerprint density at radius 3 is 2.00 bits per heavy atom. The number of carbonyl (C=O) groups excluding carboxylic acids is 2. The fourth-order valence-corrected chi connectivity index (χ4v) is 3.86. The molecule has 0 radical (unpaired) electrons. The Morgan fingerprint density at radius 2 is 1.58 bits per heavy atom. The zero-order chi connectivity index (χ0) is 23.2. The van der Waals surface area contributed by atoms with Gasteiger partial charge in [-0.3, -0.25) is 4.79 Å². The average Bonchev–Trinajstić information content (AvgIpc) is 3.47. The van der Waals surface area contributed by atoms with E-state index in [0.717, 1.165) is 17.1 Å². The Kier molecular flexibility index (Phi) is 12.7. The first-order valence-corrected chi connectivity index (χ1v) is 11.8. The Bertz CT molecular complexity index is 787. The van der Waals surface area contributed by atoms with Gasteiger partial charge in [0.15, 0.2) is 0 Å². The number of aromatic nitrogens is 1. The minimum atomic E-state index is -0.340. The van der Waals surface area contributed by atoms with E-state index in [1.54, 1.807) is 33.2 Å². The summed E-state index contributed by atoms with van der Waals surface area (Å²) in [6, 6.07) is 7.04. The van der Waals surface area contributed by atoms with Crippen LogP contribution in [0.2, 0.25) is 0 Å². The quantitative estimate of drug-likeness (QED) is 0.640. The highest BCUT2D eigenvalue weighted by molar-refractivity contribution is 7.17. The van der Waals surface area contributed by atoms with Gasteiger partial charge in [0.05, 0.1) is 17.9 Å². The van der Waals surface area contributed by atoms with Gasteiger partial charge in [0.1, 0.15) is 9.88 Å². The van der Waals surface area contributed by atoms with Crippen LogP contribution in [0.4, 0.5) is 0 Å². The first kappa shape index (κ1) is 26.8. The summed E-state index contributed by atoms with van der Waals surface area (Å²) in [5.74, 6) is -0.391. The van der Waals surface area contributed by atoms with Crippen molar-refractivity contribution in [2.45, 2.75) is 52.9 Å². The van der Waals surface area contributed by atoms with E-state index in [-0.39, 0.29) is 11.9 Å². The summed E-state index contributed by atoms with van der Waals surface area (Å²) in [7, 11) is 5.37. The molecule has 1 aromatic heterocycles. The number of ether oxygens (including phenoxy) is 1. The molecule has 7 heteroatoms. The predicted octanol–water partition coefficient (Wildman–Crippen LogP) is 5.17. The zero-order valence-corrected chi connectivity index (χ0v) is 20.6. The molecule has 2 aromatic rings. The molecule has 1 aliphatic carbocycles. The van der Waals surface area contributed by atoms with E-state index in [1.165, 1.54) is 48.3 Å². The third kappa shape index (κ3) is 9.19. The Labute approximate surface area is 191 Å². The lowest BCUT2D eigenvalue weighted by molar-refractivity contribution is 0.0526. The fraction of sp³-hybridized carbons (Fsp3) is 0.542. The fourth-order valence-electron chi connectivity index (χ4n) is 2.77. The van der Waals surface area contributed by atoms with Gasteiger partial charge in [0.2, 0.25) is 0 Å². The van der Waals surface area contributed by atoms with Crippen molar-refractivity contribution < 1.29 is 14.3 Å². The van der Waals surface area contributed by atoms with Crippen molar-refractivity contribution in [1.29, 1.82) is 0 Å². The van der Waals surface area contributed by atoms with E-state index in [1.807, 2.05) is 26.1 Å². The van der Waals surface area contributed by atoms with Crippen LogP contribution in [0.3, 0.4) is 0 Å². The maximum Gasteiger partial charge on any atom is 0.338 e. The van der Waals surface area contributed by atoms with Gasteiger partial charge >= 0.3 is 5.97 Å². The summed E-state index contributed by atoms with van der Waals surface area (Å²) >= 11 is 1.36. The number of hydrogen-bond acceptors (Lipinski definition) is 6. The summed E-state index contributed by atoms with van der Waals surface area (Å²) in [6.45, 7) is 7.08. The molecule has 1 saturated carbocycles. The van der Waals surface area contributed by atoms with E-state index in [0.29, 0.717) is 22.7 Å². The number of hydrogen-bond donors (Lipinski definition) is 1. The van der Waals surface area contributed by atoms with Gasteiger partial charge in [-0.05, 0) is 39.6 Å². The number of amides is 1. The van der Waals surface area contributed by atoms with Gasteiger partial charge < -0.3 is 15.0 Å². The van der Waals surface area contributed by atoms with Crippen LogP contribution in [0, 0.1) is 6.92 Å². The monoisotopic (exact) mass is 447 g/mol. The van der Waals surface area contributed by atoms with Crippen molar-refractivity contribution >= 4 is 23.2 Å². The van der Waals surface area contributed by atoms with Crippen LogP contribution in [0.25, 0.3) is 10.6 Å². The molecule has 0 bridgehead atoms. The molecule has 1 aliphatic rings. The molecule has 31 heavy (non-hydrogen) atoms. The lowest BCUT2D eigenvalue weighted by Gasteiger charge is -2.07. The van der Waals surface area contributed by atoms with Crippen LogP contribution in [-0.2, 0) is 4.74 Å². The van der Waals surface area contributed by atoms with Gasteiger partial charge in [0.25, 0.3) is 5.91 Å². The number of nitrogens with zero attached hydrogens (tertiary/aromatic N) is 2. The molecular formula is C24H37N3O3S. The molecule has 1 fully saturated rings. The molecular weight excluding hydrogens is 410 g/mol. The number of thiazole rings is 1. The first-order valence-electron chi connectivity index (χ1n) is 11.0. The van der Waals surface area contributed by atoms with Gasteiger partial charge in [-0.25, -0.2) is 9.78 Å². The molecule has 1 N–H and O–H groups in total. The van der Waals surface area contributed by atoms with Crippen molar-refractivity contribution in [2.24, 2.45) is 0 Å². The highest BCUT2D eigenvalue weighted by atomic mass is 32.1. The van der Waals surface area contributed by atoms with E-state index in [4.69, 9.17) is 4.74 Å². The molecule has 0 saturated heterocycles. The summed E-state index contributed by atoms with van der Waals surface area (Å²) in [5, 5.41) is 3.69. The van der Waals surface area contributed by atoms with Gasteiger partial charge in [-0.1, -0.05) is 51.2 Å². The molecule has 1 amide bonds. The molecule has 1 aromatic carbocycles. The Balaban J connectivity index is 0.000000443. The summed E-state index contributed by atoms with van der Waals surface area (Å²) in [4.78, 5) is 30.3. The molecule has 0 unspecified atom stereocenters. The molecule has 0 spiro atoms. The SMILES string of the molecule is C1CCCC1.CCNC.CCOC(=O)c1ccc(-c2nc(C)c(C(=O)N(C)C)s2)cc1. The minimum Gasteiger partial charge on any atom is -0.462 e. The van der Waals surface area contributed by atoms with E-state index >= 15 is 0 Å². The summed E-state index contributed by atoms with van der Waals surface area (Å²) < 4.78 is 4.95. The second-order valence-electron chi connectivity index (χ2n) is 7.41. The Morgan fingerprint density at radius 1 is 1.06 bits per heavy atom. The molecule has 172 valence electrons. The van der Waals surface area contributed by atoms with Crippen molar-refractivity contribution in [2.75, 3.05) is 34.3 Å². The maximum absolute atomic E-state index is 12.1.